The van der Waals surface area contributed by atoms with Gasteiger partial charge in [0.2, 0.25) is 0 Å². The number of benzene rings is 1. The first kappa shape index (κ1) is 12.1. The third-order valence-corrected chi connectivity index (χ3v) is 2.81. The molecule has 1 saturated carbocycles. The van der Waals surface area contributed by atoms with Crippen molar-refractivity contribution in [3.05, 3.63) is 35.4 Å². The molecule has 0 N–H and O–H groups in total. The lowest BCUT2D eigenvalue weighted by Crippen LogP contribution is -2.10. The van der Waals surface area contributed by atoms with Gasteiger partial charge in [0.25, 0.3) is 0 Å². The zero-order chi connectivity index (χ0) is 10.2. The molecule has 0 radical (unpaired) electrons. The maximum Gasteiger partial charge on any atom is 0.416 e. The summed E-state index contributed by atoms with van der Waals surface area (Å²) in [5, 5.41) is 0. The van der Waals surface area contributed by atoms with Crippen LogP contribution in [-0.4, -0.2) is 0 Å². The van der Waals surface area contributed by atoms with Crippen molar-refractivity contribution in [2.45, 2.75) is 38.8 Å². The molecular formula is C12H15F3. The van der Waals surface area contributed by atoms with E-state index in [1.54, 1.807) is 12.1 Å². The van der Waals surface area contributed by atoms with Crippen molar-refractivity contribution in [3.8, 4) is 0 Å². The van der Waals surface area contributed by atoms with Gasteiger partial charge in [-0.3, -0.25) is 0 Å². The predicted octanol–water partition coefficient (Wildman–Crippen LogP) is 4.61. The van der Waals surface area contributed by atoms with E-state index >= 15 is 0 Å². The van der Waals surface area contributed by atoms with Gasteiger partial charge in [-0.15, -0.1) is 0 Å². The molecule has 0 aromatic heterocycles. The lowest BCUT2D eigenvalue weighted by molar-refractivity contribution is -0.137. The number of rotatable bonds is 1. The van der Waals surface area contributed by atoms with E-state index < -0.39 is 11.7 Å². The predicted molar refractivity (Wildman–Crippen MR) is 54.8 cm³/mol. The molecule has 0 nitrogen and oxygen atoms in total. The second kappa shape index (κ2) is 4.25. The van der Waals surface area contributed by atoms with Crippen molar-refractivity contribution in [1.82, 2.24) is 0 Å². The number of halogens is 3. The van der Waals surface area contributed by atoms with E-state index in [2.05, 4.69) is 0 Å². The summed E-state index contributed by atoms with van der Waals surface area (Å²) in [6, 6.07) is 5.56. The average Bonchev–Trinajstić information content (AvgIpc) is 2.00. The SMILES string of the molecule is C.FC(F)(F)c1ccc(C2CCC2)cc1. The molecule has 0 heterocycles. The van der Waals surface area contributed by atoms with E-state index in [0.29, 0.717) is 5.92 Å². The van der Waals surface area contributed by atoms with Crippen LogP contribution in [0.25, 0.3) is 0 Å². The number of alkyl halides is 3. The Morgan fingerprint density at radius 3 is 1.87 bits per heavy atom. The molecular weight excluding hydrogens is 201 g/mol. The molecule has 1 aliphatic carbocycles. The maximum absolute atomic E-state index is 12.2. The van der Waals surface area contributed by atoms with E-state index in [0.717, 1.165) is 18.4 Å². The molecule has 0 saturated heterocycles. The molecule has 0 amide bonds. The molecule has 0 bridgehead atoms. The molecule has 0 spiro atoms. The van der Waals surface area contributed by atoms with Crippen molar-refractivity contribution in [2.24, 2.45) is 0 Å². The first-order valence-corrected chi connectivity index (χ1v) is 4.74. The van der Waals surface area contributed by atoms with Gasteiger partial charge >= 0.3 is 6.18 Å². The summed E-state index contributed by atoms with van der Waals surface area (Å²) in [7, 11) is 0. The van der Waals surface area contributed by atoms with Crippen LogP contribution >= 0.6 is 0 Å². The molecule has 0 aliphatic heterocycles. The largest absolute Gasteiger partial charge is 0.416 e. The average molecular weight is 216 g/mol. The Hall–Kier alpha value is -0.990. The molecule has 2 rings (SSSR count). The summed E-state index contributed by atoms with van der Waals surface area (Å²) in [5.74, 6) is 0.497. The van der Waals surface area contributed by atoms with Crippen molar-refractivity contribution in [1.29, 1.82) is 0 Å². The van der Waals surface area contributed by atoms with Crippen LogP contribution in [0.5, 0.6) is 0 Å². The summed E-state index contributed by atoms with van der Waals surface area (Å²) >= 11 is 0. The van der Waals surface area contributed by atoms with Crippen LogP contribution in [0.4, 0.5) is 13.2 Å². The third kappa shape index (κ3) is 2.52. The second-order valence-electron chi connectivity index (χ2n) is 3.75. The highest BCUT2D eigenvalue weighted by molar-refractivity contribution is 5.28. The normalized spacial score (nSPS) is 16.7. The van der Waals surface area contributed by atoms with Gasteiger partial charge < -0.3 is 0 Å². The Bertz CT molecular complexity index is 307. The van der Waals surface area contributed by atoms with Gasteiger partial charge in [0.15, 0.2) is 0 Å². The molecule has 84 valence electrons. The summed E-state index contributed by atoms with van der Waals surface area (Å²) in [4.78, 5) is 0. The van der Waals surface area contributed by atoms with Crippen LogP contribution in [0.3, 0.4) is 0 Å². The summed E-state index contributed by atoms with van der Waals surface area (Å²) in [5.41, 5.74) is 0.491. The Balaban J connectivity index is 0.00000112. The Kier molecular flexibility index (Phi) is 3.42. The van der Waals surface area contributed by atoms with Gasteiger partial charge in [0, 0.05) is 0 Å². The molecule has 3 heteroatoms. The Morgan fingerprint density at radius 1 is 1.00 bits per heavy atom. The van der Waals surface area contributed by atoms with Crippen LogP contribution in [0.1, 0.15) is 43.7 Å². The summed E-state index contributed by atoms with van der Waals surface area (Å²) in [6.45, 7) is 0. The van der Waals surface area contributed by atoms with E-state index in [1.165, 1.54) is 18.6 Å². The van der Waals surface area contributed by atoms with Gasteiger partial charge in [-0.2, -0.15) is 13.2 Å². The fraction of sp³-hybridized carbons (Fsp3) is 0.500. The van der Waals surface area contributed by atoms with Crippen LogP contribution in [0, 0.1) is 0 Å². The first-order chi connectivity index (χ1) is 6.57. The lowest BCUT2D eigenvalue weighted by Gasteiger charge is -2.25. The fourth-order valence-corrected chi connectivity index (χ4v) is 1.69. The van der Waals surface area contributed by atoms with E-state index in [-0.39, 0.29) is 7.43 Å². The molecule has 1 aliphatic rings. The van der Waals surface area contributed by atoms with Gasteiger partial charge in [0.1, 0.15) is 0 Å². The van der Waals surface area contributed by atoms with Crippen LogP contribution in [-0.2, 0) is 6.18 Å². The number of hydrogen-bond acceptors (Lipinski definition) is 0. The number of hydrogen-bond donors (Lipinski definition) is 0. The van der Waals surface area contributed by atoms with Gasteiger partial charge in [-0.1, -0.05) is 26.0 Å². The van der Waals surface area contributed by atoms with E-state index in [1.807, 2.05) is 0 Å². The van der Waals surface area contributed by atoms with Gasteiger partial charge in [-0.05, 0) is 36.5 Å². The minimum Gasteiger partial charge on any atom is -0.166 e. The fourth-order valence-electron chi connectivity index (χ4n) is 1.69. The van der Waals surface area contributed by atoms with E-state index in [4.69, 9.17) is 0 Å². The Labute approximate surface area is 88.1 Å². The van der Waals surface area contributed by atoms with Crippen molar-refractivity contribution in [2.75, 3.05) is 0 Å². The quantitative estimate of drug-likeness (QED) is 0.643. The van der Waals surface area contributed by atoms with E-state index in [9.17, 15) is 13.2 Å². The maximum atomic E-state index is 12.2. The third-order valence-electron chi connectivity index (χ3n) is 2.81. The molecule has 0 atom stereocenters. The minimum atomic E-state index is -4.21. The highest BCUT2D eigenvalue weighted by Crippen LogP contribution is 2.37. The first-order valence-electron chi connectivity index (χ1n) is 4.74. The molecule has 1 aromatic carbocycles. The highest BCUT2D eigenvalue weighted by Gasteiger charge is 2.30. The zero-order valence-corrected chi connectivity index (χ0v) is 7.64. The smallest absolute Gasteiger partial charge is 0.166 e. The zero-order valence-electron chi connectivity index (χ0n) is 7.64. The Morgan fingerprint density at radius 2 is 1.53 bits per heavy atom. The summed E-state index contributed by atoms with van der Waals surface area (Å²) in [6.07, 6.45) is -0.777. The van der Waals surface area contributed by atoms with Crippen LogP contribution < -0.4 is 0 Å². The topological polar surface area (TPSA) is 0 Å². The molecule has 1 fully saturated rings. The molecule has 15 heavy (non-hydrogen) atoms. The van der Waals surface area contributed by atoms with Crippen molar-refractivity contribution >= 4 is 0 Å². The lowest BCUT2D eigenvalue weighted by atomic mass is 9.80. The van der Waals surface area contributed by atoms with Crippen LogP contribution in [0.15, 0.2) is 24.3 Å². The molecule has 1 aromatic rings. The second-order valence-corrected chi connectivity index (χ2v) is 3.75. The minimum absolute atomic E-state index is 0. The van der Waals surface area contributed by atoms with Gasteiger partial charge in [-0.25, -0.2) is 0 Å². The van der Waals surface area contributed by atoms with Crippen molar-refractivity contribution < 1.29 is 13.2 Å². The monoisotopic (exact) mass is 216 g/mol. The summed E-state index contributed by atoms with van der Waals surface area (Å²) < 4.78 is 36.6. The van der Waals surface area contributed by atoms with Crippen LogP contribution in [0.2, 0.25) is 0 Å². The molecule has 0 unspecified atom stereocenters. The van der Waals surface area contributed by atoms with Gasteiger partial charge in [0.05, 0.1) is 5.56 Å². The highest BCUT2D eigenvalue weighted by atomic mass is 19.4. The van der Waals surface area contributed by atoms with Crippen molar-refractivity contribution in [3.63, 3.8) is 0 Å². The standard InChI is InChI=1S/C11H11F3.CH4/c12-11(13,14)10-6-4-9(5-7-10)8-2-1-3-8;/h4-8H,1-3H2;1H4.